The second-order valence-corrected chi connectivity index (χ2v) is 3.35. The predicted octanol–water partition coefficient (Wildman–Crippen LogP) is 0.477. The molecular formula is C10H8N6O3. The van der Waals surface area contributed by atoms with Crippen LogP contribution in [0.5, 0.6) is 0 Å². The normalized spacial score (nSPS) is 10.5. The molecule has 0 aliphatic rings. The molecule has 0 radical (unpaired) electrons. The molecule has 0 fully saturated rings. The number of carbonyl (C=O) groups excluding carboxylic acids is 1. The van der Waals surface area contributed by atoms with Gasteiger partial charge in [0.25, 0.3) is 0 Å². The Morgan fingerprint density at radius 3 is 2.79 bits per heavy atom. The molecule has 0 aliphatic heterocycles. The zero-order valence-electron chi connectivity index (χ0n) is 9.48. The summed E-state index contributed by atoms with van der Waals surface area (Å²) in [4.78, 5) is 24.4. The second-order valence-electron chi connectivity index (χ2n) is 3.35. The summed E-state index contributed by atoms with van der Waals surface area (Å²) in [7, 11) is 0. The minimum Gasteiger partial charge on any atom is -0.390 e. The monoisotopic (exact) mass is 260 g/mol. The van der Waals surface area contributed by atoms with Gasteiger partial charge in [0, 0.05) is 0 Å². The van der Waals surface area contributed by atoms with E-state index in [1.54, 1.807) is 12.1 Å². The van der Waals surface area contributed by atoms with Gasteiger partial charge in [-0.05, 0) is 15.5 Å². The average molecular weight is 260 g/mol. The summed E-state index contributed by atoms with van der Waals surface area (Å²) in [5, 5.41) is 19.5. The molecule has 9 nitrogen and oxygen atoms in total. The van der Waals surface area contributed by atoms with Crippen LogP contribution in [0.25, 0.3) is 0 Å². The Morgan fingerprint density at radius 2 is 2.16 bits per heavy atom. The van der Waals surface area contributed by atoms with E-state index in [1.165, 1.54) is 6.21 Å². The lowest BCUT2D eigenvalue weighted by Crippen LogP contribution is -2.19. The van der Waals surface area contributed by atoms with Crippen molar-refractivity contribution in [1.82, 2.24) is 20.6 Å². The molecule has 0 atom stereocenters. The maximum absolute atomic E-state index is 11.5. The van der Waals surface area contributed by atoms with Gasteiger partial charge in [-0.2, -0.15) is 5.10 Å². The van der Waals surface area contributed by atoms with Crippen LogP contribution in [0.2, 0.25) is 0 Å². The first-order valence-electron chi connectivity index (χ1n) is 5.12. The van der Waals surface area contributed by atoms with Crippen LogP contribution >= 0.6 is 0 Å². The molecule has 1 aromatic carbocycles. The Kier molecular flexibility index (Phi) is 3.57. The van der Waals surface area contributed by atoms with Crippen molar-refractivity contribution in [2.45, 2.75) is 0 Å². The van der Waals surface area contributed by atoms with Crippen LogP contribution in [0.4, 0.5) is 5.95 Å². The molecule has 0 unspecified atom stereocenters. The zero-order chi connectivity index (χ0) is 13.7. The van der Waals surface area contributed by atoms with Crippen LogP contribution in [0, 0.1) is 10.1 Å². The molecule has 1 heterocycles. The van der Waals surface area contributed by atoms with Gasteiger partial charge in [0.2, 0.25) is 0 Å². The third kappa shape index (κ3) is 3.19. The molecule has 0 saturated carbocycles. The molecule has 2 aromatic rings. The number of hydrazone groups is 1. The van der Waals surface area contributed by atoms with Crippen LogP contribution in [0.3, 0.4) is 0 Å². The van der Waals surface area contributed by atoms with Crippen LogP contribution in [-0.4, -0.2) is 32.2 Å². The molecule has 0 spiro atoms. The van der Waals surface area contributed by atoms with Gasteiger partial charge in [-0.15, -0.1) is 5.10 Å². The summed E-state index contributed by atoms with van der Waals surface area (Å²) in [6.45, 7) is 0. The fourth-order valence-corrected chi connectivity index (χ4v) is 1.19. The van der Waals surface area contributed by atoms with Crippen LogP contribution in [-0.2, 0) is 0 Å². The number of benzene rings is 1. The Balaban J connectivity index is 1.97. The fourth-order valence-electron chi connectivity index (χ4n) is 1.19. The summed E-state index contributed by atoms with van der Waals surface area (Å²) in [5.74, 6) is -1.69. The maximum atomic E-state index is 11.5. The first-order chi connectivity index (χ1) is 9.16. The number of nitro groups is 1. The van der Waals surface area contributed by atoms with E-state index in [2.05, 4.69) is 20.6 Å². The van der Waals surface area contributed by atoms with Crippen molar-refractivity contribution < 1.29 is 9.72 Å². The van der Waals surface area contributed by atoms with Gasteiger partial charge in [0.15, 0.2) is 0 Å². The summed E-state index contributed by atoms with van der Waals surface area (Å²) in [6.07, 6.45) is 1.43. The number of carbonyl (C=O) groups is 1. The first kappa shape index (κ1) is 12.4. The maximum Gasteiger partial charge on any atom is 0.454 e. The second kappa shape index (κ2) is 5.49. The van der Waals surface area contributed by atoms with Crippen molar-refractivity contribution in [1.29, 1.82) is 0 Å². The summed E-state index contributed by atoms with van der Waals surface area (Å²) >= 11 is 0. The molecule has 96 valence electrons. The molecular weight excluding hydrogens is 252 g/mol. The smallest absolute Gasteiger partial charge is 0.390 e. The standard InChI is InChI=1S/C10H8N6O3/c17-9(8-12-10(15-13-8)16(18)19)14-11-6-7-4-2-1-3-5-7/h1-6H,(H,14,17)(H,12,13,15). The van der Waals surface area contributed by atoms with Gasteiger partial charge in [-0.1, -0.05) is 35.4 Å². The Hall–Kier alpha value is -3.10. The lowest BCUT2D eigenvalue weighted by atomic mass is 10.2. The van der Waals surface area contributed by atoms with Gasteiger partial charge in [-0.3, -0.25) is 4.79 Å². The largest absolute Gasteiger partial charge is 0.454 e. The minimum atomic E-state index is -0.781. The van der Waals surface area contributed by atoms with Gasteiger partial charge in [0.1, 0.15) is 0 Å². The van der Waals surface area contributed by atoms with Crippen LogP contribution < -0.4 is 5.43 Å². The van der Waals surface area contributed by atoms with E-state index in [1.807, 2.05) is 23.3 Å². The van der Waals surface area contributed by atoms with E-state index < -0.39 is 16.8 Å². The summed E-state index contributed by atoms with van der Waals surface area (Å²) in [5.41, 5.74) is 2.96. The van der Waals surface area contributed by atoms with Gasteiger partial charge in [0.05, 0.1) is 6.21 Å². The molecule has 1 amide bonds. The number of hydrogen-bond donors (Lipinski definition) is 2. The fraction of sp³-hybridized carbons (Fsp3) is 0. The molecule has 1 aromatic heterocycles. The number of aromatic amines is 1. The summed E-state index contributed by atoms with van der Waals surface area (Å²) < 4.78 is 0. The number of hydrogen-bond acceptors (Lipinski definition) is 6. The van der Waals surface area contributed by atoms with Crippen LogP contribution in [0.1, 0.15) is 16.2 Å². The van der Waals surface area contributed by atoms with E-state index in [-0.39, 0.29) is 5.82 Å². The van der Waals surface area contributed by atoms with E-state index in [9.17, 15) is 14.9 Å². The van der Waals surface area contributed by atoms with Gasteiger partial charge >= 0.3 is 17.7 Å². The number of rotatable bonds is 4. The molecule has 9 heteroatoms. The first-order valence-corrected chi connectivity index (χ1v) is 5.12. The number of nitrogens with one attached hydrogen (secondary N) is 2. The number of H-pyrrole nitrogens is 1. The molecule has 0 aliphatic carbocycles. The highest BCUT2D eigenvalue weighted by atomic mass is 16.6. The predicted molar refractivity (Wildman–Crippen MR) is 64.5 cm³/mol. The number of aromatic nitrogens is 3. The SMILES string of the molecule is O=C(NN=Cc1ccccc1)c1n[nH]c([N+](=O)[O-])n1. The Labute approximate surface area is 106 Å². The Morgan fingerprint density at radius 1 is 1.42 bits per heavy atom. The van der Waals surface area contributed by atoms with Gasteiger partial charge < -0.3 is 10.1 Å². The van der Waals surface area contributed by atoms with Crippen molar-refractivity contribution >= 4 is 18.1 Å². The van der Waals surface area contributed by atoms with Crippen LogP contribution in [0.15, 0.2) is 35.4 Å². The quantitative estimate of drug-likeness (QED) is 0.469. The minimum absolute atomic E-state index is 0.350. The van der Waals surface area contributed by atoms with Crippen molar-refractivity contribution in [2.75, 3.05) is 0 Å². The van der Waals surface area contributed by atoms with Crippen molar-refractivity contribution in [2.24, 2.45) is 5.10 Å². The van der Waals surface area contributed by atoms with Crippen molar-refractivity contribution in [3.05, 3.63) is 51.8 Å². The van der Waals surface area contributed by atoms with E-state index in [4.69, 9.17) is 0 Å². The number of nitrogens with zero attached hydrogens (tertiary/aromatic N) is 4. The topological polar surface area (TPSA) is 126 Å². The highest BCUT2D eigenvalue weighted by Crippen LogP contribution is 2.01. The Bertz CT molecular complexity index is 621. The summed E-state index contributed by atoms with van der Waals surface area (Å²) in [6, 6.07) is 9.09. The van der Waals surface area contributed by atoms with E-state index in [0.717, 1.165) is 5.56 Å². The van der Waals surface area contributed by atoms with Crippen molar-refractivity contribution in [3.8, 4) is 0 Å². The lowest BCUT2D eigenvalue weighted by Gasteiger charge is -1.92. The van der Waals surface area contributed by atoms with Gasteiger partial charge in [-0.25, -0.2) is 5.43 Å². The van der Waals surface area contributed by atoms with Crippen molar-refractivity contribution in [3.63, 3.8) is 0 Å². The highest BCUT2D eigenvalue weighted by molar-refractivity contribution is 5.91. The number of amides is 1. The molecule has 2 N–H and O–H groups in total. The molecule has 19 heavy (non-hydrogen) atoms. The molecule has 0 bridgehead atoms. The van der Waals surface area contributed by atoms with E-state index >= 15 is 0 Å². The molecule has 0 saturated heterocycles. The lowest BCUT2D eigenvalue weighted by molar-refractivity contribution is -0.394. The third-order valence-corrected chi connectivity index (χ3v) is 2.03. The van der Waals surface area contributed by atoms with E-state index in [0.29, 0.717) is 0 Å². The highest BCUT2D eigenvalue weighted by Gasteiger charge is 2.20. The average Bonchev–Trinajstić information content (AvgIpc) is 2.89. The third-order valence-electron chi connectivity index (χ3n) is 2.03. The zero-order valence-corrected chi connectivity index (χ0v) is 9.48. The molecule has 2 rings (SSSR count).